The van der Waals surface area contributed by atoms with Crippen LogP contribution in [0.25, 0.3) is 0 Å². The Bertz CT molecular complexity index is 832. The monoisotopic (exact) mass is 428 g/mol. The topological polar surface area (TPSA) is 90.0 Å². The second kappa shape index (κ2) is 7.37. The summed E-state index contributed by atoms with van der Waals surface area (Å²) in [5.41, 5.74) is 0.139. The van der Waals surface area contributed by atoms with Crippen molar-refractivity contribution < 1.29 is 70.9 Å². The average Bonchev–Trinajstić information content (AvgIpc) is 2.98. The van der Waals surface area contributed by atoms with Crippen LogP contribution in [-0.2, 0) is 14.4 Å². The standard InChI is InChI=1S/C19H23N3O4S.K/c1-18(2)13(17(25)26)21-15(24)12(16(21)27-18)22-14(23)11(20-19(22,3)4)10-8-6-5-7-9-10;/h5-9,11-13,16,20H,1-4H3,(H,25,26);/q;+1/t11-,12?,13+,16-;/m1./s1. The molecule has 3 aliphatic rings. The Morgan fingerprint density at radius 2 is 1.71 bits per heavy atom. The molecule has 1 unspecified atom stereocenters. The molecule has 7 nitrogen and oxygen atoms in total. The van der Waals surface area contributed by atoms with Crippen LogP contribution in [-0.4, -0.2) is 60.6 Å². The molecule has 2 amide bonds. The van der Waals surface area contributed by atoms with Gasteiger partial charge in [-0.1, -0.05) is 30.3 Å². The number of carboxylic acid groups (broad SMARTS) is 1. The second-order valence-corrected chi connectivity index (χ2v) is 10.1. The number of amides is 2. The van der Waals surface area contributed by atoms with E-state index in [9.17, 15) is 19.5 Å². The van der Waals surface area contributed by atoms with Crippen LogP contribution in [0, 0.1) is 0 Å². The van der Waals surface area contributed by atoms with Crippen LogP contribution in [0.2, 0.25) is 0 Å². The fourth-order valence-corrected chi connectivity index (χ4v) is 6.16. The van der Waals surface area contributed by atoms with E-state index in [0.29, 0.717) is 0 Å². The molecule has 0 aromatic heterocycles. The van der Waals surface area contributed by atoms with Gasteiger partial charge in [0.05, 0.1) is 5.66 Å². The molecule has 3 aliphatic heterocycles. The first-order valence-electron chi connectivity index (χ1n) is 8.95. The molecule has 1 aromatic rings. The maximum atomic E-state index is 13.2. The normalized spacial score (nSPS) is 32.6. The van der Waals surface area contributed by atoms with Crippen molar-refractivity contribution in [3.63, 3.8) is 0 Å². The van der Waals surface area contributed by atoms with Crippen LogP contribution in [0.3, 0.4) is 0 Å². The van der Waals surface area contributed by atoms with E-state index in [1.165, 1.54) is 16.7 Å². The van der Waals surface area contributed by atoms with Gasteiger partial charge < -0.3 is 14.9 Å². The van der Waals surface area contributed by atoms with Gasteiger partial charge in [0.25, 0.3) is 0 Å². The van der Waals surface area contributed by atoms with Crippen molar-refractivity contribution in [1.29, 1.82) is 0 Å². The average molecular weight is 429 g/mol. The van der Waals surface area contributed by atoms with Crippen molar-refractivity contribution in [1.82, 2.24) is 15.1 Å². The third kappa shape index (κ3) is 3.19. The summed E-state index contributed by atoms with van der Waals surface area (Å²) in [6.07, 6.45) is 0. The Morgan fingerprint density at radius 3 is 2.29 bits per heavy atom. The number of carbonyl (C=O) groups is 3. The number of nitrogens with one attached hydrogen (secondary N) is 1. The largest absolute Gasteiger partial charge is 1.00 e. The summed E-state index contributed by atoms with van der Waals surface area (Å²) in [6.45, 7) is 7.43. The van der Waals surface area contributed by atoms with Crippen molar-refractivity contribution in [2.75, 3.05) is 0 Å². The van der Waals surface area contributed by atoms with Crippen molar-refractivity contribution in [3.05, 3.63) is 35.9 Å². The number of carbonyl (C=O) groups excluding carboxylic acids is 2. The molecule has 3 saturated heterocycles. The fraction of sp³-hybridized carbons (Fsp3) is 0.526. The first-order chi connectivity index (χ1) is 12.6. The molecule has 4 atom stereocenters. The molecule has 0 radical (unpaired) electrons. The van der Waals surface area contributed by atoms with Gasteiger partial charge in [-0.15, -0.1) is 11.8 Å². The van der Waals surface area contributed by atoms with Gasteiger partial charge >= 0.3 is 57.4 Å². The Labute approximate surface area is 211 Å². The Hall–Kier alpha value is -0.424. The summed E-state index contributed by atoms with van der Waals surface area (Å²) in [7, 11) is 0. The number of β-lactam (4-membered cyclic amide) rings is 1. The molecule has 0 saturated carbocycles. The summed E-state index contributed by atoms with van der Waals surface area (Å²) < 4.78 is -0.611. The first kappa shape index (κ1) is 22.3. The number of hydrogen-bond acceptors (Lipinski definition) is 5. The predicted octanol–water partition coefficient (Wildman–Crippen LogP) is -1.58. The number of carboxylic acids is 1. The zero-order valence-corrected chi connectivity index (χ0v) is 20.6. The third-order valence-corrected chi connectivity index (χ3v) is 7.20. The molecule has 144 valence electrons. The van der Waals surface area contributed by atoms with Gasteiger partial charge in [0.15, 0.2) is 0 Å². The van der Waals surface area contributed by atoms with Crippen molar-refractivity contribution in [2.45, 2.75) is 61.6 Å². The van der Waals surface area contributed by atoms with Crippen LogP contribution >= 0.6 is 11.8 Å². The third-order valence-electron chi connectivity index (χ3n) is 5.64. The molecule has 3 fully saturated rings. The molecule has 3 heterocycles. The quantitative estimate of drug-likeness (QED) is 0.446. The van der Waals surface area contributed by atoms with Crippen LogP contribution in [0.1, 0.15) is 39.3 Å². The van der Waals surface area contributed by atoms with E-state index in [4.69, 9.17) is 0 Å². The number of benzene rings is 1. The molecule has 28 heavy (non-hydrogen) atoms. The maximum absolute atomic E-state index is 13.2. The summed E-state index contributed by atoms with van der Waals surface area (Å²) >= 11 is 1.46. The van der Waals surface area contributed by atoms with E-state index >= 15 is 0 Å². The molecular weight excluding hydrogens is 405 g/mol. The zero-order valence-electron chi connectivity index (χ0n) is 16.7. The number of thioether (sulfide) groups is 1. The summed E-state index contributed by atoms with van der Waals surface area (Å²) in [5, 5.41) is 12.6. The SMILES string of the molecule is CC1(C)S[C@@H]2C(N3C(=O)[C@@H](c4ccccc4)NC3(C)C)C(=O)N2[C@H]1C(=O)O.[K+]. The van der Waals surface area contributed by atoms with Crippen LogP contribution in [0.4, 0.5) is 0 Å². The van der Waals surface area contributed by atoms with Crippen molar-refractivity contribution >= 4 is 29.5 Å². The molecule has 2 N–H and O–H groups in total. The minimum atomic E-state index is -1.01. The number of nitrogens with zero attached hydrogens (tertiary/aromatic N) is 2. The summed E-state index contributed by atoms with van der Waals surface area (Å²) in [5.74, 6) is -1.45. The minimum absolute atomic E-state index is 0. The second-order valence-electron chi connectivity index (χ2n) is 8.30. The molecule has 1 aromatic carbocycles. The van der Waals surface area contributed by atoms with Gasteiger partial charge in [0.1, 0.15) is 23.5 Å². The Morgan fingerprint density at radius 1 is 1.11 bits per heavy atom. The molecule has 4 rings (SSSR count). The number of hydrogen-bond donors (Lipinski definition) is 2. The molecular formula is C19H23KN3O4S+. The van der Waals surface area contributed by atoms with Crippen molar-refractivity contribution in [2.24, 2.45) is 0 Å². The van der Waals surface area contributed by atoms with Gasteiger partial charge in [0, 0.05) is 4.75 Å². The van der Waals surface area contributed by atoms with E-state index < -0.39 is 34.5 Å². The van der Waals surface area contributed by atoms with Crippen molar-refractivity contribution in [3.8, 4) is 0 Å². The van der Waals surface area contributed by atoms with E-state index in [1.807, 2.05) is 58.0 Å². The first-order valence-corrected chi connectivity index (χ1v) is 9.83. The predicted molar refractivity (Wildman–Crippen MR) is 101 cm³/mol. The molecule has 0 spiro atoms. The Kier molecular flexibility index (Phi) is 5.86. The van der Waals surface area contributed by atoms with Gasteiger partial charge in [-0.25, -0.2) is 4.79 Å². The summed E-state index contributed by atoms with van der Waals surface area (Å²) in [6, 6.07) is 7.37. The van der Waals surface area contributed by atoms with Gasteiger partial charge in [0.2, 0.25) is 11.8 Å². The van der Waals surface area contributed by atoms with Gasteiger partial charge in [-0.05, 0) is 33.3 Å². The number of aliphatic carboxylic acids is 1. The van der Waals surface area contributed by atoms with Gasteiger partial charge in [-0.3, -0.25) is 14.9 Å². The molecule has 0 aliphatic carbocycles. The van der Waals surface area contributed by atoms with E-state index in [-0.39, 0.29) is 68.6 Å². The number of fused-ring (bicyclic) bond motifs is 1. The minimum Gasteiger partial charge on any atom is -0.480 e. The fourth-order valence-electron chi connectivity index (χ4n) is 4.49. The van der Waals surface area contributed by atoms with Gasteiger partial charge in [-0.2, -0.15) is 0 Å². The summed E-state index contributed by atoms with van der Waals surface area (Å²) in [4.78, 5) is 40.9. The maximum Gasteiger partial charge on any atom is 1.00 e. The number of rotatable bonds is 3. The van der Waals surface area contributed by atoms with Crippen LogP contribution in [0.15, 0.2) is 30.3 Å². The Balaban J connectivity index is 0.00000225. The molecule has 9 heteroatoms. The van der Waals surface area contributed by atoms with E-state index in [1.54, 1.807) is 4.90 Å². The molecule has 0 bridgehead atoms. The smallest absolute Gasteiger partial charge is 0.480 e. The van der Waals surface area contributed by atoms with E-state index in [0.717, 1.165) is 5.56 Å². The zero-order chi connectivity index (χ0) is 19.7. The van der Waals surface area contributed by atoms with Crippen LogP contribution in [0.5, 0.6) is 0 Å². The van der Waals surface area contributed by atoms with Crippen LogP contribution < -0.4 is 56.7 Å². The van der Waals surface area contributed by atoms with E-state index in [2.05, 4.69) is 5.32 Å².